The molecule has 0 fully saturated rings. The lowest BCUT2D eigenvalue weighted by molar-refractivity contribution is 0.354. The third-order valence-electron chi connectivity index (χ3n) is 5.03. The third-order valence-corrected chi connectivity index (χ3v) is 5.03. The summed E-state index contributed by atoms with van der Waals surface area (Å²) in [6.45, 7) is 10.6. The van der Waals surface area contributed by atoms with Gasteiger partial charge in [-0.15, -0.1) is 0 Å². The van der Waals surface area contributed by atoms with Crippen molar-refractivity contribution in [1.82, 2.24) is 4.98 Å². The number of fused-ring (bicyclic) bond motifs is 1. The number of pyridine rings is 1. The van der Waals surface area contributed by atoms with Crippen LogP contribution in [0, 0.1) is 0 Å². The Balaban J connectivity index is 2.38. The Morgan fingerprint density at radius 1 is 0.862 bits per heavy atom. The Morgan fingerprint density at radius 3 is 2.07 bits per heavy atom. The van der Waals surface area contributed by atoms with Crippen LogP contribution in [0.4, 0.5) is 0 Å². The van der Waals surface area contributed by atoms with Crippen LogP contribution in [-0.4, -0.2) is 24.7 Å². The minimum absolute atomic E-state index is 0.0668. The summed E-state index contributed by atoms with van der Waals surface area (Å²) < 4.78 is 11.2. The molecule has 0 saturated carbocycles. The Kier molecular flexibility index (Phi) is 5.59. The van der Waals surface area contributed by atoms with E-state index in [0.717, 1.165) is 33.3 Å². The Labute approximate surface area is 174 Å². The van der Waals surface area contributed by atoms with E-state index in [9.17, 15) is 0 Å². The average Bonchev–Trinajstić information content (AvgIpc) is 2.65. The van der Waals surface area contributed by atoms with Gasteiger partial charge in [-0.25, -0.2) is 0 Å². The van der Waals surface area contributed by atoms with E-state index >= 15 is 0 Å². The highest BCUT2D eigenvalue weighted by atomic mass is 16.5. The molecule has 0 saturated heterocycles. The summed E-state index contributed by atoms with van der Waals surface area (Å²) in [4.78, 5) is 4.93. The number of aromatic nitrogens is 1. The molecule has 154 valence electrons. The number of methoxy groups -OCH3 is 2. The largest absolute Gasteiger partial charge is 0.493 e. The zero-order chi connectivity index (χ0) is 21.4. The minimum atomic E-state index is -0.357. The predicted molar refractivity (Wildman–Crippen MR) is 121 cm³/mol. The maximum Gasteiger partial charge on any atom is 0.161 e. The second-order valence-electron chi connectivity index (χ2n) is 9.35. The van der Waals surface area contributed by atoms with Crippen molar-refractivity contribution in [2.45, 2.75) is 52.0 Å². The summed E-state index contributed by atoms with van der Waals surface area (Å²) in [6.07, 6.45) is 0.712. The summed E-state index contributed by atoms with van der Waals surface area (Å²) >= 11 is 0. The first kappa shape index (κ1) is 21.1. The van der Waals surface area contributed by atoms with Crippen LogP contribution >= 0.6 is 0 Å². The highest BCUT2D eigenvalue weighted by Crippen LogP contribution is 2.40. The Morgan fingerprint density at radius 2 is 1.48 bits per heavy atom. The van der Waals surface area contributed by atoms with Gasteiger partial charge >= 0.3 is 0 Å². The van der Waals surface area contributed by atoms with Crippen LogP contribution in [0.1, 0.15) is 45.9 Å². The second kappa shape index (κ2) is 7.68. The molecule has 2 aromatic carbocycles. The van der Waals surface area contributed by atoms with E-state index in [-0.39, 0.29) is 11.0 Å². The van der Waals surface area contributed by atoms with Crippen molar-refractivity contribution in [1.29, 1.82) is 0 Å². The number of ether oxygens (including phenoxy) is 2. The fourth-order valence-electron chi connectivity index (χ4n) is 3.59. The molecule has 0 bridgehead atoms. The maximum atomic E-state index is 6.40. The van der Waals surface area contributed by atoms with Crippen LogP contribution in [0.2, 0.25) is 0 Å². The summed E-state index contributed by atoms with van der Waals surface area (Å²) in [5.74, 6) is 1.42. The first-order valence-corrected chi connectivity index (χ1v) is 9.98. The van der Waals surface area contributed by atoms with E-state index in [0.29, 0.717) is 17.9 Å². The van der Waals surface area contributed by atoms with Gasteiger partial charge in [-0.05, 0) is 61.2 Å². The molecule has 0 aliphatic rings. The molecule has 29 heavy (non-hydrogen) atoms. The Bertz CT molecular complexity index is 1030. The molecule has 4 heteroatoms. The monoisotopic (exact) mass is 392 g/mol. The molecule has 0 unspecified atom stereocenters. The van der Waals surface area contributed by atoms with Gasteiger partial charge in [0.2, 0.25) is 0 Å². The van der Waals surface area contributed by atoms with Gasteiger partial charge < -0.3 is 15.2 Å². The molecule has 3 aromatic rings. The Hall–Kier alpha value is -2.59. The normalized spacial score (nSPS) is 12.3. The first-order chi connectivity index (χ1) is 13.5. The molecule has 0 amide bonds. The summed E-state index contributed by atoms with van der Waals surface area (Å²) in [7, 11) is 3.33. The highest BCUT2D eigenvalue weighted by molar-refractivity contribution is 5.96. The van der Waals surface area contributed by atoms with E-state index in [1.54, 1.807) is 14.2 Å². The molecule has 0 radical (unpaired) electrons. The molecule has 1 aromatic heterocycles. The molecule has 3 rings (SSSR count). The smallest absolute Gasteiger partial charge is 0.161 e. The lowest BCUT2D eigenvalue weighted by Crippen LogP contribution is -2.34. The van der Waals surface area contributed by atoms with Crippen molar-refractivity contribution in [2.75, 3.05) is 14.2 Å². The van der Waals surface area contributed by atoms with Gasteiger partial charge in [0.25, 0.3) is 0 Å². The van der Waals surface area contributed by atoms with Crippen LogP contribution in [0.3, 0.4) is 0 Å². The van der Waals surface area contributed by atoms with Crippen molar-refractivity contribution < 1.29 is 9.47 Å². The van der Waals surface area contributed by atoms with Gasteiger partial charge in [0.1, 0.15) is 0 Å². The molecule has 0 aliphatic heterocycles. The quantitative estimate of drug-likeness (QED) is 0.623. The lowest BCUT2D eigenvalue weighted by atomic mass is 9.85. The minimum Gasteiger partial charge on any atom is -0.493 e. The molecule has 0 aliphatic carbocycles. The van der Waals surface area contributed by atoms with Crippen molar-refractivity contribution in [2.24, 2.45) is 5.73 Å². The molecular formula is C25H32N2O2. The molecular weight excluding hydrogens is 360 g/mol. The van der Waals surface area contributed by atoms with Gasteiger partial charge in [0.15, 0.2) is 11.5 Å². The SMILES string of the molecule is COc1cc(CC(C)(C)N)c(-c2cc(C(C)(C)C)nc3ccccc23)cc1OC. The van der Waals surface area contributed by atoms with Crippen LogP contribution in [0.25, 0.3) is 22.0 Å². The molecule has 0 spiro atoms. The van der Waals surface area contributed by atoms with Gasteiger partial charge in [-0.2, -0.15) is 0 Å². The summed E-state index contributed by atoms with van der Waals surface area (Å²) in [5, 5.41) is 1.11. The summed E-state index contributed by atoms with van der Waals surface area (Å²) in [6, 6.07) is 14.6. The number of nitrogens with zero attached hydrogens (tertiary/aromatic N) is 1. The van der Waals surface area contributed by atoms with Crippen LogP contribution in [0.15, 0.2) is 42.5 Å². The lowest BCUT2D eigenvalue weighted by Gasteiger charge is -2.24. The van der Waals surface area contributed by atoms with E-state index < -0.39 is 0 Å². The zero-order valence-corrected chi connectivity index (χ0v) is 18.6. The van der Waals surface area contributed by atoms with Gasteiger partial charge in [0.05, 0.1) is 19.7 Å². The van der Waals surface area contributed by atoms with Crippen LogP contribution < -0.4 is 15.2 Å². The fraction of sp³-hybridized carbons (Fsp3) is 0.400. The van der Waals surface area contributed by atoms with Crippen molar-refractivity contribution in [3.05, 3.63) is 53.7 Å². The van der Waals surface area contributed by atoms with Crippen molar-refractivity contribution in [3.63, 3.8) is 0 Å². The third kappa shape index (κ3) is 4.54. The van der Waals surface area contributed by atoms with E-state index in [1.807, 2.05) is 19.9 Å². The predicted octanol–water partition coefficient (Wildman–Crippen LogP) is 5.50. The topological polar surface area (TPSA) is 57.4 Å². The van der Waals surface area contributed by atoms with Crippen LogP contribution in [-0.2, 0) is 11.8 Å². The number of para-hydroxylation sites is 1. The highest BCUT2D eigenvalue weighted by Gasteiger charge is 2.23. The number of rotatable bonds is 5. The fourth-order valence-corrected chi connectivity index (χ4v) is 3.59. The number of hydrogen-bond donors (Lipinski definition) is 1. The molecule has 0 atom stereocenters. The van der Waals surface area contributed by atoms with Gasteiger partial charge in [0, 0.05) is 22.0 Å². The zero-order valence-electron chi connectivity index (χ0n) is 18.6. The maximum absolute atomic E-state index is 6.40. The van der Waals surface area contributed by atoms with Gasteiger partial charge in [-0.1, -0.05) is 39.0 Å². The number of nitrogens with two attached hydrogens (primary N) is 1. The van der Waals surface area contributed by atoms with Crippen LogP contribution in [0.5, 0.6) is 11.5 Å². The summed E-state index contributed by atoms with van der Waals surface area (Å²) in [5.41, 5.74) is 11.4. The second-order valence-corrected chi connectivity index (χ2v) is 9.35. The first-order valence-electron chi connectivity index (χ1n) is 9.98. The van der Waals surface area contributed by atoms with Crippen molar-refractivity contribution in [3.8, 4) is 22.6 Å². The number of hydrogen-bond acceptors (Lipinski definition) is 4. The van der Waals surface area contributed by atoms with E-state index in [1.165, 1.54) is 0 Å². The average molecular weight is 393 g/mol. The van der Waals surface area contributed by atoms with E-state index in [4.69, 9.17) is 20.2 Å². The molecule has 2 N–H and O–H groups in total. The molecule has 4 nitrogen and oxygen atoms in total. The molecule has 1 heterocycles. The number of benzene rings is 2. The standard InChI is InChI=1S/C25H32N2O2/c1-24(2,3)23-14-19(17-10-8-9-11-20(17)27-23)18-13-22(29-7)21(28-6)12-16(18)15-25(4,5)26/h8-14H,15,26H2,1-7H3. The van der Waals surface area contributed by atoms with E-state index in [2.05, 4.69) is 57.2 Å². The van der Waals surface area contributed by atoms with Crippen molar-refractivity contribution >= 4 is 10.9 Å². The van der Waals surface area contributed by atoms with Gasteiger partial charge in [-0.3, -0.25) is 4.98 Å².